The molecule has 2 fully saturated rings. The molecule has 0 unspecified atom stereocenters. The number of aliphatic hydroxyl groups is 2. The molecule has 0 saturated carbocycles. The lowest BCUT2D eigenvalue weighted by Gasteiger charge is -2.16. The van der Waals surface area contributed by atoms with Crippen molar-refractivity contribution in [2.45, 2.75) is 44.2 Å². The summed E-state index contributed by atoms with van der Waals surface area (Å²) < 4.78 is 7.61. The van der Waals surface area contributed by atoms with Crippen LogP contribution in [0.1, 0.15) is 25.5 Å². The fourth-order valence-corrected chi connectivity index (χ4v) is 3.86. The van der Waals surface area contributed by atoms with E-state index in [0.717, 1.165) is 22.0 Å². The molecule has 0 radical (unpaired) electrons. The van der Waals surface area contributed by atoms with Crippen LogP contribution >= 0.6 is 0 Å². The molecule has 3 atom stereocenters. The Kier molecular flexibility index (Phi) is 4.69. The molecule has 2 aliphatic rings. The molecule has 0 spiro atoms. The number of nitrogen functional groups attached to an aromatic ring is 1. The number of H-pyrrole nitrogens is 1. The smallest absolute Gasteiger partial charge is 0.333 e. The third-order valence-electron chi connectivity index (χ3n) is 5.21. The van der Waals surface area contributed by atoms with Crippen molar-refractivity contribution < 1.29 is 19.7 Å². The molecule has 1 amide bonds. The van der Waals surface area contributed by atoms with Crippen molar-refractivity contribution in [3.63, 3.8) is 0 Å². The summed E-state index contributed by atoms with van der Waals surface area (Å²) in [6.07, 6.45) is -0.992. The fraction of sp³-hybridized carbons (Fsp3) is 0.625. The zero-order chi connectivity index (χ0) is 20.0. The van der Waals surface area contributed by atoms with Crippen molar-refractivity contribution in [2.24, 2.45) is 0 Å². The van der Waals surface area contributed by atoms with Crippen LogP contribution in [0, 0.1) is 0 Å². The lowest BCUT2D eigenvalue weighted by Crippen LogP contribution is -2.37. The van der Waals surface area contributed by atoms with Crippen LogP contribution in [-0.4, -0.2) is 72.0 Å². The molecule has 12 heteroatoms. The molecular weight excluding hydrogens is 372 g/mol. The minimum Gasteiger partial charge on any atom is -0.394 e. The number of nitrogens with one attached hydrogen (secondary N) is 1. The van der Waals surface area contributed by atoms with Gasteiger partial charge in [0.15, 0.2) is 17.4 Å². The predicted octanol–water partition coefficient (Wildman–Crippen LogP) is -2.27. The number of nitrogens with two attached hydrogens (primary N) is 1. The molecule has 2 saturated heterocycles. The molecule has 0 aromatic carbocycles. The molecule has 2 aliphatic heterocycles. The number of aromatic amines is 1. The van der Waals surface area contributed by atoms with E-state index in [1.54, 1.807) is 4.90 Å². The normalized spacial score (nSPS) is 25.1. The van der Waals surface area contributed by atoms with Gasteiger partial charge in [0.1, 0.15) is 12.6 Å². The van der Waals surface area contributed by atoms with Crippen LogP contribution in [-0.2, 0) is 16.1 Å². The first-order valence-electron chi connectivity index (χ1n) is 9.13. The number of hydrogen-bond acceptors (Lipinski definition) is 8. The van der Waals surface area contributed by atoms with E-state index in [1.807, 2.05) is 0 Å². The molecule has 4 heterocycles. The maximum Gasteiger partial charge on any atom is 0.333 e. The number of carbonyl (C=O) groups is 1. The summed E-state index contributed by atoms with van der Waals surface area (Å²) in [4.78, 5) is 46.2. The Morgan fingerprint density at radius 1 is 1.32 bits per heavy atom. The summed E-state index contributed by atoms with van der Waals surface area (Å²) in [6, 6.07) is 0. The van der Waals surface area contributed by atoms with Crippen molar-refractivity contribution in [3.8, 4) is 0 Å². The van der Waals surface area contributed by atoms with Gasteiger partial charge in [-0.3, -0.25) is 19.1 Å². The number of likely N-dealkylation sites (tertiary alicyclic amines) is 1. The predicted molar refractivity (Wildman–Crippen MR) is 96.5 cm³/mol. The number of carbonyl (C=O) groups excluding carboxylic acids is 1. The standard InChI is InChI=1S/C16H22N6O6/c17-15-18-12-11(13(26)19-15)21(6-10(25)20-3-1-2-4-20)16(27)22(12)14-9(24)5-8(7-23)28-14/h8-9,14,23-24H,1-7H2,(H3,17,18,19,26)/t8-,9+,14+/m0/s1. The Morgan fingerprint density at radius 3 is 2.68 bits per heavy atom. The zero-order valence-corrected chi connectivity index (χ0v) is 15.1. The van der Waals surface area contributed by atoms with E-state index in [2.05, 4.69) is 9.97 Å². The Morgan fingerprint density at radius 2 is 2.04 bits per heavy atom. The van der Waals surface area contributed by atoms with Gasteiger partial charge in [0.25, 0.3) is 5.56 Å². The Hall–Kier alpha value is -2.70. The minimum atomic E-state index is -1.15. The summed E-state index contributed by atoms with van der Waals surface area (Å²) in [7, 11) is 0. The largest absolute Gasteiger partial charge is 0.394 e. The van der Waals surface area contributed by atoms with Crippen molar-refractivity contribution in [1.29, 1.82) is 0 Å². The third-order valence-corrected chi connectivity index (χ3v) is 5.21. The van der Waals surface area contributed by atoms with Crippen molar-refractivity contribution in [1.82, 2.24) is 24.0 Å². The summed E-state index contributed by atoms with van der Waals surface area (Å²) >= 11 is 0. The van der Waals surface area contributed by atoms with Crippen LogP contribution in [0.2, 0.25) is 0 Å². The highest BCUT2D eigenvalue weighted by Crippen LogP contribution is 2.29. The first kappa shape index (κ1) is 18.7. The van der Waals surface area contributed by atoms with Crippen LogP contribution in [0.15, 0.2) is 9.59 Å². The molecule has 2 aromatic heterocycles. The van der Waals surface area contributed by atoms with Gasteiger partial charge in [0.05, 0.1) is 12.7 Å². The van der Waals surface area contributed by atoms with Gasteiger partial charge in [-0.1, -0.05) is 0 Å². The van der Waals surface area contributed by atoms with E-state index in [-0.39, 0.29) is 42.6 Å². The number of anilines is 1. The van der Waals surface area contributed by atoms with Crippen molar-refractivity contribution >= 4 is 23.0 Å². The van der Waals surface area contributed by atoms with Gasteiger partial charge in [-0.25, -0.2) is 9.36 Å². The number of aliphatic hydroxyl groups excluding tert-OH is 2. The van der Waals surface area contributed by atoms with Crippen LogP contribution in [0.3, 0.4) is 0 Å². The molecule has 2 aromatic rings. The van der Waals surface area contributed by atoms with Crippen molar-refractivity contribution in [2.75, 3.05) is 25.4 Å². The quantitative estimate of drug-likeness (QED) is 0.450. The average Bonchev–Trinajstić information content (AvgIpc) is 3.35. The van der Waals surface area contributed by atoms with E-state index in [0.29, 0.717) is 13.1 Å². The summed E-state index contributed by atoms with van der Waals surface area (Å²) in [5, 5.41) is 19.6. The van der Waals surface area contributed by atoms with Gasteiger partial charge < -0.3 is 25.6 Å². The van der Waals surface area contributed by atoms with Crippen LogP contribution in [0.5, 0.6) is 0 Å². The number of ether oxygens (including phenoxy) is 1. The third kappa shape index (κ3) is 2.99. The van der Waals surface area contributed by atoms with Gasteiger partial charge in [0.2, 0.25) is 11.9 Å². The van der Waals surface area contributed by atoms with E-state index in [1.165, 1.54) is 0 Å². The Bertz CT molecular complexity index is 1020. The lowest BCUT2D eigenvalue weighted by molar-refractivity contribution is -0.130. The Balaban J connectivity index is 1.84. The number of imidazole rings is 1. The number of hydrogen-bond donors (Lipinski definition) is 4. The van der Waals surface area contributed by atoms with E-state index in [4.69, 9.17) is 10.5 Å². The molecule has 28 heavy (non-hydrogen) atoms. The summed E-state index contributed by atoms with van der Waals surface area (Å²) in [6.45, 7) is 0.556. The summed E-state index contributed by atoms with van der Waals surface area (Å²) in [5.74, 6) is -0.489. The number of amides is 1. The van der Waals surface area contributed by atoms with Crippen LogP contribution in [0.4, 0.5) is 5.95 Å². The van der Waals surface area contributed by atoms with E-state index < -0.39 is 29.7 Å². The van der Waals surface area contributed by atoms with Gasteiger partial charge in [-0.2, -0.15) is 4.98 Å². The number of nitrogens with zero attached hydrogens (tertiary/aromatic N) is 4. The molecule has 152 valence electrons. The highest BCUT2D eigenvalue weighted by molar-refractivity contribution is 5.79. The highest BCUT2D eigenvalue weighted by atomic mass is 16.5. The monoisotopic (exact) mass is 394 g/mol. The first-order chi connectivity index (χ1) is 13.4. The number of rotatable bonds is 4. The highest BCUT2D eigenvalue weighted by Gasteiger charge is 2.38. The topological polar surface area (TPSA) is 169 Å². The number of fused-ring (bicyclic) bond motifs is 1. The van der Waals surface area contributed by atoms with Crippen LogP contribution in [0.25, 0.3) is 11.2 Å². The van der Waals surface area contributed by atoms with E-state index >= 15 is 0 Å². The van der Waals surface area contributed by atoms with Gasteiger partial charge in [-0.15, -0.1) is 0 Å². The first-order valence-corrected chi connectivity index (χ1v) is 9.13. The molecule has 12 nitrogen and oxygen atoms in total. The second-order valence-electron chi connectivity index (χ2n) is 7.08. The van der Waals surface area contributed by atoms with Gasteiger partial charge in [-0.05, 0) is 12.8 Å². The van der Waals surface area contributed by atoms with Crippen molar-refractivity contribution in [3.05, 3.63) is 20.8 Å². The second-order valence-corrected chi connectivity index (χ2v) is 7.08. The average molecular weight is 394 g/mol. The molecule has 5 N–H and O–H groups in total. The van der Waals surface area contributed by atoms with E-state index in [9.17, 15) is 24.6 Å². The van der Waals surface area contributed by atoms with Gasteiger partial charge >= 0.3 is 5.69 Å². The maximum atomic E-state index is 13.1. The van der Waals surface area contributed by atoms with Gasteiger partial charge in [0, 0.05) is 19.5 Å². The second kappa shape index (κ2) is 7.04. The molecular formula is C16H22N6O6. The van der Waals surface area contributed by atoms with Crippen LogP contribution < -0.4 is 17.0 Å². The zero-order valence-electron chi connectivity index (χ0n) is 15.1. The molecule has 0 aliphatic carbocycles. The summed E-state index contributed by atoms with van der Waals surface area (Å²) in [5.41, 5.74) is 4.05. The Labute approximate surface area is 158 Å². The minimum absolute atomic E-state index is 0.0805. The SMILES string of the molecule is Nc1nc2c(c(=O)[nH]1)n(CC(=O)N1CCCC1)c(=O)n2[C@@H]1O[C@H](CO)C[C@H]1O. The fourth-order valence-electron chi connectivity index (χ4n) is 3.86. The lowest BCUT2D eigenvalue weighted by atomic mass is 10.2. The molecule has 4 rings (SSSR count). The molecule has 0 bridgehead atoms. The number of aromatic nitrogens is 4. The maximum absolute atomic E-state index is 13.1.